The van der Waals surface area contributed by atoms with E-state index in [0.29, 0.717) is 11.3 Å². The highest BCUT2D eigenvalue weighted by atomic mass is 19.1. The first-order chi connectivity index (χ1) is 9.25. The topological polar surface area (TPSA) is 21.3 Å². The lowest BCUT2D eigenvalue weighted by Gasteiger charge is -2.38. The summed E-state index contributed by atoms with van der Waals surface area (Å²) >= 11 is 0. The summed E-state index contributed by atoms with van der Waals surface area (Å²) in [4.78, 5) is 0. The largest absolute Gasteiger partial charge is 0.496 e. The molecule has 1 N–H and O–H groups in total. The number of ether oxygens (including phenoxy) is 1. The Morgan fingerprint density at radius 1 is 1.26 bits per heavy atom. The minimum atomic E-state index is -0.159. The highest BCUT2D eigenvalue weighted by Crippen LogP contribution is 2.51. The second kappa shape index (κ2) is 5.12. The van der Waals surface area contributed by atoms with E-state index in [9.17, 15) is 4.39 Å². The number of hydrogen-bond acceptors (Lipinski definition) is 2. The molecule has 3 heteroatoms. The fourth-order valence-electron chi connectivity index (χ4n) is 4.00. The molecule has 1 aromatic carbocycles. The van der Waals surface area contributed by atoms with E-state index >= 15 is 0 Å². The lowest BCUT2D eigenvalue weighted by Crippen LogP contribution is -2.31. The second-order valence-electron chi connectivity index (χ2n) is 5.99. The van der Waals surface area contributed by atoms with E-state index in [1.54, 1.807) is 19.2 Å². The van der Waals surface area contributed by atoms with E-state index < -0.39 is 0 Å². The van der Waals surface area contributed by atoms with Crippen molar-refractivity contribution >= 4 is 0 Å². The first kappa shape index (κ1) is 12.9. The standard InChI is InChI=1S/C16H22FNO/c1-19-15-6-5-12(17)9-13(15)14-10-18-11-16(14)7-3-2-4-8-16/h5-6,9,14,18H,2-4,7-8,10-11H2,1H3. The molecule has 1 aliphatic heterocycles. The minimum absolute atomic E-state index is 0.159. The van der Waals surface area contributed by atoms with Gasteiger partial charge in [0.05, 0.1) is 7.11 Å². The van der Waals surface area contributed by atoms with Gasteiger partial charge in [-0.15, -0.1) is 0 Å². The van der Waals surface area contributed by atoms with E-state index in [4.69, 9.17) is 4.74 Å². The van der Waals surface area contributed by atoms with Gasteiger partial charge in [0.15, 0.2) is 0 Å². The number of halogens is 1. The zero-order valence-electron chi connectivity index (χ0n) is 11.5. The van der Waals surface area contributed by atoms with Crippen LogP contribution < -0.4 is 10.1 Å². The fraction of sp³-hybridized carbons (Fsp3) is 0.625. The molecule has 104 valence electrons. The van der Waals surface area contributed by atoms with Crippen LogP contribution in [0.25, 0.3) is 0 Å². The molecule has 2 fully saturated rings. The van der Waals surface area contributed by atoms with Crippen LogP contribution in [0.15, 0.2) is 18.2 Å². The Morgan fingerprint density at radius 3 is 2.79 bits per heavy atom. The molecule has 3 rings (SSSR count). The molecule has 1 aromatic rings. The van der Waals surface area contributed by atoms with Crippen molar-refractivity contribution in [2.45, 2.75) is 38.0 Å². The van der Waals surface area contributed by atoms with Crippen molar-refractivity contribution in [1.82, 2.24) is 5.32 Å². The highest BCUT2D eigenvalue weighted by Gasteiger charge is 2.44. The van der Waals surface area contributed by atoms with Crippen molar-refractivity contribution in [3.63, 3.8) is 0 Å². The summed E-state index contributed by atoms with van der Waals surface area (Å²) in [7, 11) is 1.67. The van der Waals surface area contributed by atoms with Crippen LogP contribution in [0.4, 0.5) is 4.39 Å². The second-order valence-corrected chi connectivity index (χ2v) is 5.99. The van der Waals surface area contributed by atoms with Crippen LogP contribution in [0.3, 0.4) is 0 Å². The van der Waals surface area contributed by atoms with Crippen molar-refractivity contribution in [2.24, 2.45) is 5.41 Å². The van der Waals surface area contributed by atoms with Gasteiger partial charge in [0.1, 0.15) is 11.6 Å². The molecular weight excluding hydrogens is 241 g/mol. The van der Waals surface area contributed by atoms with Crippen LogP contribution >= 0.6 is 0 Å². The van der Waals surface area contributed by atoms with Gasteiger partial charge in [0.25, 0.3) is 0 Å². The van der Waals surface area contributed by atoms with Gasteiger partial charge < -0.3 is 10.1 Å². The molecule has 1 aliphatic carbocycles. The van der Waals surface area contributed by atoms with Crippen molar-refractivity contribution < 1.29 is 9.13 Å². The summed E-state index contributed by atoms with van der Waals surface area (Å²) in [5, 5.41) is 3.52. The quantitative estimate of drug-likeness (QED) is 0.882. The third-order valence-corrected chi connectivity index (χ3v) is 4.98. The Labute approximate surface area is 114 Å². The van der Waals surface area contributed by atoms with Crippen molar-refractivity contribution in [3.05, 3.63) is 29.6 Å². The molecule has 1 atom stereocenters. The van der Waals surface area contributed by atoms with Gasteiger partial charge in [-0.25, -0.2) is 4.39 Å². The third kappa shape index (κ3) is 2.25. The SMILES string of the molecule is COc1ccc(F)cc1C1CNCC12CCCCC2. The molecule has 2 nitrogen and oxygen atoms in total. The molecule has 19 heavy (non-hydrogen) atoms. The van der Waals surface area contributed by atoms with Gasteiger partial charge in [-0.05, 0) is 36.5 Å². The maximum atomic E-state index is 13.6. The van der Waals surface area contributed by atoms with E-state index in [1.165, 1.54) is 38.2 Å². The van der Waals surface area contributed by atoms with Gasteiger partial charge in [0.2, 0.25) is 0 Å². The Balaban J connectivity index is 1.98. The van der Waals surface area contributed by atoms with Crippen LogP contribution in [0.5, 0.6) is 5.75 Å². The molecule has 1 saturated carbocycles. The number of rotatable bonds is 2. The average molecular weight is 263 g/mol. The normalized spacial score (nSPS) is 25.7. The van der Waals surface area contributed by atoms with Gasteiger partial charge in [-0.3, -0.25) is 0 Å². The molecule has 1 heterocycles. The smallest absolute Gasteiger partial charge is 0.123 e. The highest BCUT2D eigenvalue weighted by molar-refractivity contribution is 5.39. The molecular formula is C16H22FNO. The third-order valence-electron chi connectivity index (χ3n) is 4.98. The summed E-state index contributed by atoms with van der Waals surface area (Å²) in [6, 6.07) is 4.92. The lowest BCUT2D eigenvalue weighted by atomic mass is 9.65. The van der Waals surface area contributed by atoms with Gasteiger partial charge in [-0.2, -0.15) is 0 Å². The van der Waals surface area contributed by atoms with E-state index in [-0.39, 0.29) is 5.82 Å². The van der Waals surface area contributed by atoms with E-state index in [1.807, 2.05) is 0 Å². The molecule has 0 radical (unpaired) electrons. The molecule has 0 bridgehead atoms. The van der Waals surface area contributed by atoms with E-state index in [2.05, 4.69) is 5.32 Å². The number of hydrogen-bond donors (Lipinski definition) is 1. The molecule has 1 unspecified atom stereocenters. The Kier molecular flexibility index (Phi) is 3.48. The van der Waals surface area contributed by atoms with Crippen LogP contribution in [-0.2, 0) is 0 Å². The van der Waals surface area contributed by atoms with Crippen LogP contribution in [0.1, 0.15) is 43.6 Å². The summed E-state index contributed by atoms with van der Waals surface area (Å²) in [6.07, 6.45) is 6.45. The average Bonchev–Trinajstić information content (AvgIpc) is 2.82. The summed E-state index contributed by atoms with van der Waals surface area (Å²) in [6.45, 7) is 2.01. The minimum Gasteiger partial charge on any atom is -0.496 e. The van der Waals surface area contributed by atoms with Crippen molar-refractivity contribution in [2.75, 3.05) is 20.2 Å². The fourth-order valence-corrected chi connectivity index (χ4v) is 4.00. The van der Waals surface area contributed by atoms with Crippen molar-refractivity contribution in [3.8, 4) is 5.75 Å². The predicted molar refractivity (Wildman–Crippen MR) is 74.1 cm³/mol. The molecule has 0 aromatic heterocycles. The number of nitrogens with one attached hydrogen (secondary N) is 1. The Hall–Kier alpha value is -1.09. The van der Waals surface area contributed by atoms with Crippen molar-refractivity contribution in [1.29, 1.82) is 0 Å². The number of benzene rings is 1. The number of methoxy groups -OCH3 is 1. The van der Waals surface area contributed by atoms with Crippen LogP contribution in [0, 0.1) is 11.2 Å². The van der Waals surface area contributed by atoms with E-state index in [0.717, 1.165) is 24.4 Å². The van der Waals surface area contributed by atoms with Gasteiger partial charge in [0, 0.05) is 24.6 Å². The zero-order chi connectivity index (χ0) is 13.3. The molecule has 2 aliphatic rings. The van der Waals surface area contributed by atoms with Crippen LogP contribution in [-0.4, -0.2) is 20.2 Å². The molecule has 1 spiro atoms. The molecule has 1 saturated heterocycles. The molecule has 0 amide bonds. The first-order valence-electron chi connectivity index (χ1n) is 7.29. The van der Waals surface area contributed by atoms with Gasteiger partial charge >= 0.3 is 0 Å². The zero-order valence-corrected chi connectivity index (χ0v) is 11.5. The monoisotopic (exact) mass is 263 g/mol. The summed E-state index contributed by atoms with van der Waals surface area (Å²) in [5.41, 5.74) is 1.37. The first-order valence-corrected chi connectivity index (χ1v) is 7.29. The predicted octanol–water partition coefficient (Wildman–Crippen LogP) is 3.47. The summed E-state index contributed by atoms with van der Waals surface area (Å²) < 4.78 is 19.1. The Bertz CT molecular complexity index is 454. The maximum Gasteiger partial charge on any atom is 0.123 e. The lowest BCUT2D eigenvalue weighted by molar-refractivity contribution is 0.187. The maximum absolute atomic E-state index is 13.6. The Morgan fingerprint density at radius 2 is 2.05 bits per heavy atom. The summed E-state index contributed by atoms with van der Waals surface area (Å²) in [5.74, 6) is 1.06. The van der Waals surface area contributed by atoms with Crippen LogP contribution in [0.2, 0.25) is 0 Å². The van der Waals surface area contributed by atoms with Gasteiger partial charge in [-0.1, -0.05) is 19.3 Å².